The highest BCUT2D eigenvalue weighted by atomic mass is 16.5. The summed E-state index contributed by atoms with van der Waals surface area (Å²) >= 11 is 0. The second-order valence-corrected chi connectivity index (χ2v) is 9.68. The third kappa shape index (κ3) is 5.88. The van der Waals surface area contributed by atoms with Gasteiger partial charge in [-0.05, 0) is 112 Å². The van der Waals surface area contributed by atoms with E-state index in [1.54, 1.807) is 0 Å². The molecule has 1 heterocycles. The number of Topliss-reactive ketones (excluding diaryl/α,β-unsaturated/α-hetero) is 2. The van der Waals surface area contributed by atoms with Gasteiger partial charge in [-0.3, -0.25) is 9.59 Å². The van der Waals surface area contributed by atoms with Crippen molar-refractivity contribution in [3.8, 4) is 0 Å². The van der Waals surface area contributed by atoms with Crippen molar-refractivity contribution in [2.75, 3.05) is 13.2 Å². The molecule has 3 rings (SSSR count). The van der Waals surface area contributed by atoms with Crippen LogP contribution in [0.1, 0.15) is 86.2 Å². The van der Waals surface area contributed by atoms with Crippen molar-refractivity contribution in [1.82, 2.24) is 4.98 Å². The fourth-order valence-electron chi connectivity index (χ4n) is 4.49. The van der Waals surface area contributed by atoms with Crippen LogP contribution in [0.5, 0.6) is 0 Å². The van der Waals surface area contributed by atoms with Crippen molar-refractivity contribution in [3.05, 3.63) is 97.4 Å². The van der Waals surface area contributed by atoms with Crippen LogP contribution in [0, 0.1) is 55.4 Å². The molecular weight excluding hydrogens is 482 g/mol. The van der Waals surface area contributed by atoms with Gasteiger partial charge in [0.25, 0.3) is 0 Å². The number of hydrogen-bond acceptors (Lipinski definition) is 7. The van der Waals surface area contributed by atoms with Gasteiger partial charge in [-0.1, -0.05) is 18.2 Å². The normalized spacial score (nSPS) is 10.7. The Morgan fingerprint density at radius 2 is 0.895 bits per heavy atom. The smallest absolute Gasteiger partial charge is 0.357 e. The zero-order chi connectivity index (χ0) is 28.3. The van der Waals surface area contributed by atoms with Gasteiger partial charge < -0.3 is 9.47 Å². The summed E-state index contributed by atoms with van der Waals surface area (Å²) in [5.74, 6) is -2.31. The van der Waals surface area contributed by atoms with E-state index in [9.17, 15) is 19.2 Å². The molecule has 0 saturated heterocycles. The van der Waals surface area contributed by atoms with Gasteiger partial charge in [0.05, 0.1) is 0 Å². The predicted octanol–water partition coefficient (Wildman–Crippen LogP) is 5.63. The fraction of sp³-hybridized carbons (Fsp3) is 0.323. The summed E-state index contributed by atoms with van der Waals surface area (Å²) in [5.41, 5.74) is 8.11. The molecule has 0 aliphatic heterocycles. The maximum Gasteiger partial charge on any atom is 0.357 e. The Balaban J connectivity index is 1.67. The molecule has 7 heteroatoms. The van der Waals surface area contributed by atoms with Gasteiger partial charge in [0.1, 0.15) is 11.4 Å². The third-order valence-electron chi connectivity index (χ3n) is 7.13. The minimum absolute atomic E-state index is 0.145. The van der Waals surface area contributed by atoms with Gasteiger partial charge in [-0.25, -0.2) is 14.6 Å². The van der Waals surface area contributed by atoms with E-state index in [2.05, 4.69) is 4.98 Å². The molecule has 0 radical (unpaired) electrons. The number of ether oxygens (including phenoxy) is 2. The molecule has 0 aliphatic rings. The second-order valence-electron chi connectivity index (χ2n) is 9.68. The number of ketones is 2. The number of esters is 2. The largest absolute Gasteiger partial charge is 0.453 e. The fourth-order valence-corrected chi connectivity index (χ4v) is 4.49. The molecule has 0 unspecified atom stereocenters. The number of hydrogen-bond donors (Lipinski definition) is 0. The van der Waals surface area contributed by atoms with Gasteiger partial charge >= 0.3 is 11.9 Å². The first-order valence-electron chi connectivity index (χ1n) is 12.4. The van der Waals surface area contributed by atoms with Gasteiger partial charge in [0.2, 0.25) is 11.6 Å². The van der Waals surface area contributed by atoms with Gasteiger partial charge in [-0.2, -0.15) is 0 Å². The Labute approximate surface area is 223 Å². The number of nitrogens with zero attached hydrogens (tertiary/aromatic N) is 1. The number of carbonyl (C=O) groups is 4. The van der Waals surface area contributed by atoms with Crippen molar-refractivity contribution in [3.63, 3.8) is 0 Å². The van der Waals surface area contributed by atoms with Gasteiger partial charge in [-0.15, -0.1) is 0 Å². The van der Waals surface area contributed by atoms with Crippen LogP contribution in [0.4, 0.5) is 0 Å². The third-order valence-corrected chi connectivity index (χ3v) is 7.13. The maximum absolute atomic E-state index is 12.9. The minimum atomic E-state index is -0.842. The molecule has 0 bridgehead atoms. The molecular formula is C31H33NO6. The van der Waals surface area contributed by atoms with E-state index in [0.29, 0.717) is 11.1 Å². The summed E-state index contributed by atoms with van der Waals surface area (Å²) in [6.07, 6.45) is 0. The van der Waals surface area contributed by atoms with Crippen LogP contribution in [-0.4, -0.2) is 41.7 Å². The van der Waals surface area contributed by atoms with Gasteiger partial charge in [0, 0.05) is 11.1 Å². The molecule has 38 heavy (non-hydrogen) atoms. The zero-order valence-electron chi connectivity index (χ0n) is 23.2. The van der Waals surface area contributed by atoms with Gasteiger partial charge in [0.15, 0.2) is 13.2 Å². The van der Waals surface area contributed by atoms with E-state index in [1.807, 2.05) is 67.5 Å². The molecule has 0 saturated carbocycles. The van der Waals surface area contributed by atoms with Crippen molar-refractivity contribution in [2.24, 2.45) is 0 Å². The molecule has 0 atom stereocenters. The molecule has 198 valence electrons. The highest BCUT2D eigenvalue weighted by Crippen LogP contribution is 2.23. The quantitative estimate of drug-likeness (QED) is 0.283. The monoisotopic (exact) mass is 515 g/mol. The second kappa shape index (κ2) is 11.5. The Kier molecular flexibility index (Phi) is 8.61. The van der Waals surface area contributed by atoms with Crippen LogP contribution in [-0.2, 0) is 9.47 Å². The van der Waals surface area contributed by atoms with Crippen LogP contribution < -0.4 is 0 Å². The first kappa shape index (κ1) is 28.4. The first-order valence-corrected chi connectivity index (χ1v) is 12.4. The summed E-state index contributed by atoms with van der Waals surface area (Å²) in [5, 5.41) is 0. The SMILES string of the molecule is Cc1cc(C)c(C)c(C(=O)COC(=O)c2cccc(C(=O)OCC(=O)c3c(C)c(C)cc(C)c3C)n2)c1C. The van der Waals surface area contributed by atoms with E-state index in [1.165, 1.54) is 18.2 Å². The predicted molar refractivity (Wildman–Crippen MR) is 144 cm³/mol. The topological polar surface area (TPSA) is 99.6 Å². The number of carbonyl (C=O) groups excluding carboxylic acids is 4. The Morgan fingerprint density at radius 1 is 0.579 bits per heavy atom. The van der Waals surface area contributed by atoms with E-state index in [-0.39, 0.29) is 23.0 Å². The standard InChI is InChI=1S/C31H33NO6/c1-16-12-17(2)21(6)28(20(16)5)26(33)14-37-30(35)24-10-9-11-25(32-24)31(36)38-15-27(34)29-22(7)18(3)13-19(4)23(29)8/h9-13H,14-15H2,1-8H3. The van der Waals surface area contributed by atoms with Crippen molar-refractivity contribution >= 4 is 23.5 Å². The van der Waals surface area contributed by atoms with Crippen LogP contribution in [0.3, 0.4) is 0 Å². The molecule has 1 aromatic heterocycles. The maximum atomic E-state index is 12.9. The Morgan fingerprint density at radius 3 is 1.21 bits per heavy atom. The zero-order valence-corrected chi connectivity index (χ0v) is 23.2. The van der Waals surface area contributed by atoms with Crippen LogP contribution >= 0.6 is 0 Å². The first-order chi connectivity index (χ1) is 17.8. The molecule has 0 amide bonds. The molecule has 0 aliphatic carbocycles. The molecule has 3 aromatic rings. The number of pyridine rings is 1. The molecule has 7 nitrogen and oxygen atoms in total. The van der Waals surface area contributed by atoms with Crippen LogP contribution in [0.15, 0.2) is 30.3 Å². The van der Waals surface area contributed by atoms with Crippen molar-refractivity contribution < 1.29 is 28.7 Å². The lowest BCUT2D eigenvalue weighted by molar-refractivity contribution is 0.0456. The van der Waals surface area contributed by atoms with E-state index >= 15 is 0 Å². The highest BCUT2D eigenvalue weighted by molar-refractivity contribution is 6.03. The summed E-state index contributed by atoms with van der Waals surface area (Å²) in [7, 11) is 0. The highest BCUT2D eigenvalue weighted by Gasteiger charge is 2.21. The lowest BCUT2D eigenvalue weighted by Gasteiger charge is -2.14. The van der Waals surface area contributed by atoms with Crippen LogP contribution in [0.2, 0.25) is 0 Å². The number of aryl methyl sites for hydroxylation is 4. The Hall–Kier alpha value is -4.13. The summed E-state index contributed by atoms with van der Waals surface area (Å²) in [6, 6.07) is 8.24. The lowest BCUT2D eigenvalue weighted by atomic mass is 9.92. The number of aromatic nitrogens is 1. The van der Waals surface area contributed by atoms with E-state index < -0.39 is 25.2 Å². The number of benzene rings is 2. The summed E-state index contributed by atoms with van der Waals surface area (Å²) in [6.45, 7) is 14.2. The summed E-state index contributed by atoms with van der Waals surface area (Å²) < 4.78 is 10.4. The Bertz CT molecular complexity index is 1310. The van der Waals surface area contributed by atoms with Crippen molar-refractivity contribution in [1.29, 1.82) is 0 Å². The number of rotatable bonds is 8. The minimum Gasteiger partial charge on any atom is -0.453 e. The summed E-state index contributed by atoms with van der Waals surface area (Å²) in [4.78, 5) is 54.9. The molecule has 0 spiro atoms. The van der Waals surface area contributed by atoms with E-state index in [4.69, 9.17) is 9.47 Å². The van der Waals surface area contributed by atoms with Crippen LogP contribution in [0.25, 0.3) is 0 Å². The average molecular weight is 516 g/mol. The molecule has 2 aromatic carbocycles. The van der Waals surface area contributed by atoms with E-state index in [0.717, 1.165) is 44.5 Å². The van der Waals surface area contributed by atoms with Crippen molar-refractivity contribution in [2.45, 2.75) is 55.4 Å². The molecule has 0 N–H and O–H groups in total. The average Bonchev–Trinajstić information content (AvgIpc) is 2.88. The molecule has 0 fully saturated rings. The lowest BCUT2D eigenvalue weighted by Crippen LogP contribution is -2.20.